The molecule has 0 aliphatic heterocycles. The molecule has 1 aromatic heterocycles. The highest BCUT2D eigenvalue weighted by Crippen LogP contribution is 2.19. The molecule has 18 heavy (non-hydrogen) atoms. The van der Waals surface area contributed by atoms with Gasteiger partial charge in [-0.3, -0.25) is 10.9 Å². The van der Waals surface area contributed by atoms with E-state index in [0.717, 1.165) is 5.69 Å². The Labute approximate surface area is 117 Å². The highest BCUT2D eigenvalue weighted by atomic mass is 35.5. The Morgan fingerprint density at radius 3 is 2.72 bits per heavy atom. The van der Waals surface area contributed by atoms with Crippen LogP contribution in [0.15, 0.2) is 15.4 Å². The third-order valence-electron chi connectivity index (χ3n) is 1.42. The topological polar surface area (TPSA) is 140 Å². The molecule has 0 amide bonds. The molecular weight excluding hydrogens is 296 g/mol. The third kappa shape index (κ3) is 5.12. The van der Waals surface area contributed by atoms with E-state index in [-0.39, 0.29) is 17.0 Å². The van der Waals surface area contributed by atoms with Gasteiger partial charge >= 0.3 is 0 Å². The Bertz CT molecular complexity index is 478. The van der Waals surface area contributed by atoms with E-state index in [4.69, 9.17) is 41.0 Å². The number of thiocarbonyl (C=S) groups is 1. The number of hydrogen-bond donors (Lipinski definition) is 5. The van der Waals surface area contributed by atoms with Crippen molar-refractivity contribution in [1.29, 1.82) is 0 Å². The van der Waals surface area contributed by atoms with E-state index in [1.807, 2.05) is 0 Å². The first kappa shape index (κ1) is 14.4. The zero-order valence-electron chi connectivity index (χ0n) is 9.05. The Kier molecular flexibility index (Phi) is 5.55. The first-order valence-corrected chi connectivity index (χ1v) is 6.33. The Morgan fingerprint density at radius 2 is 2.17 bits per heavy atom. The molecule has 0 unspecified atom stereocenters. The van der Waals surface area contributed by atoms with E-state index >= 15 is 0 Å². The van der Waals surface area contributed by atoms with Gasteiger partial charge in [-0.2, -0.15) is 9.98 Å². The van der Waals surface area contributed by atoms with Crippen molar-refractivity contribution in [2.75, 3.05) is 0 Å². The first-order valence-electron chi connectivity index (χ1n) is 4.51. The molecular formula is C7H11ClN8S2. The largest absolute Gasteiger partial charge is 0.370 e. The lowest BCUT2D eigenvalue weighted by Gasteiger charge is -2.05. The van der Waals surface area contributed by atoms with Gasteiger partial charge in [0.05, 0.1) is 11.6 Å². The molecule has 0 saturated heterocycles. The molecule has 1 heterocycles. The van der Waals surface area contributed by atoms with Crippen molar-refractivity contribution in [2.24, 2.45) is 27.2 Å². The normalized spacial score (nSPS) is 10.8. The minimum Gasteiger partial charge on any atom is -0.370 e. The zero-order valence-corrected chi connectivity index (χ0v) is 11.4. The second kappa shape index (κ2) is 6.93. The van der Waals surface area contributed by atoms with Crippen LogP contribution < -0.4 is 28.1 Å². The minimum atomic E-state index is -0.156. The molecule has 0 atom stereocenters. The highest BCUT2D eigenvalue weighted by molar-refractivity contribution is 7.80. The molecule has 11 heteroatoms. The van der Waals surface area contributed by atoms with Gasteiger partial charge in [0.25, 0.3) is 0 Å². The van der Waals surface area contributed by atoms with Gasteiger partial charge in [-0.25, -0.2) is 4.98 Å². The molecule has 0 aromatic carbocycles. The van der Waals surface area contributed by atoms with Gasteiger partial charge in [0.1, 0.15) is 0 Å². The maximum Gasteiger partial charge on any atom is 0.215 e. The van der Waals surface area contributed by atoms with Crippen molar-refractivity contribution in [2.45, 2.75) is 5.88 Å². The lowest BCUT2D eigenvalue weighted by Crippen LogP contribution is -2.45. The van der Waals surface area contributed by atoms with Crippen LogP contribution >= 0.6 is 35.2 Å². The fourth-order valence-corrected chi connectivity index (χ4v) is 1.89. The van der Waals surface area contributed by atoms with E-state index in [2.05, 4.69) is 25.8 Å². The summed E-state index contributed by atoms with van der Waals surface area (Å²) < 4.78 is 0. The molecule has 0 aliphatic carbocycles. The van der Waals surface area contributed by atoms with E-state index in [0.29, 0.717) is 11.0 Å². The minimum absolute atomic E-state index is 0.0359. The monoisotopic (exact) mass is 306 g/mol. The zero-order chi connectivity index (χ0) is 13.5. The standard InChI is InChI=1S/C7H11ClN8S2/c8-1-3-2-18-7(12-3)14-5(11)15-16-6(17)13-4(9)10/h2H,1H2,(H3,11,12,14,15)(H5,9,10,13,16,17). The molecule has 1 aromatic rings. The van der Waals surface area contributed by atoms with Gasteiger partial charge in [-0.1, -0.05) is 0 Å². The van der Waals surface area contributed by atoms with E-state index in [9.17, 15) is 0 Å². The summed E-state index contributed by atoms with van der Waals surface area (Å²) in [6.07, 6.45) is 0. The molecule has 1 rings (SSSR count). The van der Waals surface area contributed by atoms with Crippen molar-refractivity contribution in [1.82, 2.24) is 15.8 Å². The number of nitrogens with zero attached hydrogens (tertiary/aromatic N) is 3. The van der Waals surface area contributed by atoms with Crippen LogP contribution in [0.2, 0.25) is 0 Å². The van der Waals surface area contributed by atoms with Gasteiger partial charge in [0, 0.05) is 5.38 Å². The molecule has 0 bridgehead atoms. The number of nitrogens with two attached hydrogens (primary N) is 3. The predicted molar refractivity (Wildman–Crippen MR) is 77.6 cm³/mol. The number of hydrogen-bond acceptors (Lipinski definition) is 4. The summed E-state index contributed by atoms with van der Waals surface area (Å²) in [6, 6.07) is 0. The molecule has 0 radical (unpaired) electrons. The van der Waals surface area contributed by atoms with E-state index in [1.165, 1.54) is 11.3 Å². The number of hydrazine groups is 1. The lowest BCUT2D eigenvalue weighted by atomic mass is 10.6. The summed E-state index contributed by atoms with van der Waals surface area (Å²) in [5.74, 6) is 0.238. The van der Waals surface area contributed by atoms with Crippen molar-refractivity contribution in [3.8, 4) is 0 Å². The molecule has 0 saturated carbocycles. The summed E-state index contributed by atoms with van der Waals surface area (Å²) in [7, 11) is 0. The van der Waals surface area contributed by atoms with Crippen LogP contribution in [0.3, 0.4) is 0 Å². The van der Waals surface area contributed by atoms with Crippen LogP contribution in [-0.2, 0) is 5.88 Å². The maximum absolute atomic E-state index is 5.61. The van der Waals surface area contributed by atoms with Crippen molar-refractivity contribution >= 4 is 57.3 Å². The van der Waals surface area contributed by atoms with Crippen LogP contribution in [0, 0.1) is 0 Å². The van der Waals surface area contributed by atoms with Crippen molar-refractivity contribution in [3.05, 3.63) is 11.1 Å². The second-order valence-corrected chi connectivity index (χ2v) is 4.33. The summed E-state index contributed by atoms with van der Waals surface area (Å²) in [6.45, 7) is 0. The number of nitrogens with one attached hydrogen (secondary N) is 2. The summed E-state index contributed by atoms with van der Waals surface area (Å²) in [4.78, 5) is 11.6. The fraction of sp³-hybridized carbons (Fsp3) is 0.143. The number of rotatable bonds is 2. The number of thiazole rings is 1. The van der Waals surface area contributed by atoms with Crippen LogP contribution in [0.4, 0.5) is 5.13 Å². The van der Waals surface area contributed by atoms with Gasteiger partial charge in [0.15, 0.2) is 5.96 Å². The second-order valence-electron chi connectivity index (χ2n) is 2.84. The van der Waals surface area contributed by atoms with Crippen molar-refractivity contribution < 1.29 is 0 Å². The summed E-state index contributed by atoms with van der Waals surface area (Å²) in [5.41, 5.74) is 21.6. The number of alkyl halides is 1. The van der Waals surface area contributed by atoms with Crippen LogP contribution in [0.5, 0.6) is 0 Å². The molecule has 0 fully saturated rings. The van der Waals surface area contributed by atoms with Crippen molar-refractivity contribution in [3.63, 3.8) is 0 Å². The van der Waals surface area contributed by atoms with Crippen LogP contribution in [0.25, 0.3) is 0 Å². The average molecular weight is 307 g/mol. The van der Waals surface area contributed by atoms with Gasteiger partial charge in [-0.05, 0) is 12.2 Å². The molecule has 0 spiro atoms. The summed E-state index contributed by atoms with van der Waals surface area (Å²) in [5, 5.41) is 2.30. The number of aromatic nitrogens is 1. The number of halogens is 1. The molecule has 0 aliphatic rings. The Morgan fingerprint density at radius 1 is 1.44 bits per heavy atom. The Balaban J connectivity index is 2.52. The van der Waals surface area contributed by atoms with Crippen LogP contribution in [0.1, 0.15) is 5.69 Å². The van der Waals surface area contributed by atoms with Gasteiger partial charge < -0.3 is 17.2 Å². The Hall–Kier alpha value is -1.65. The van der Waals surface area contributed by atoms with E-state index < -0.39 is 0 Å². The predicted octanol–water partition coefficient (Wildman–Crippen LogP) is -0.519. The fourth-order valence-electron chi connectivity index (χ4n) is 0.803. The lowest BCUT2D eigenvalue weighted by molar-refractivity contribution is 0.858. The molecule has 8 N–H and O–H groups in total. The summed E-state index contributed by atoms with van der Waals surface area (Å²) >= 11 is 11.7. The first-order chi connectivity index (χ1) is 8.51. The van der Waals surface area contributed by atoms with Gasteiger partial charge in [0.2, 0.25) is 16.2 Å². The van der Waals surface area contributed by atoms with E-state index in [1.54, 1.807) is 5.38 Å². The molecule has 8 nitrogen and oxygen atoms in total. The molecule has 98 valence electrons. The highest BCUT2D eigenvalue weighted by Gasteiger charge is 2.00. The number of aliphatic imine (C=N–C) groups is 2. The SMILES string of the molecule is NC(N)=NC(=S)NNC(N)=Nc1nc(CCl)cs1. The van der Waals surface area contributed by atoms with Gasteiger partial charge in [-0.15, -0.1) is 22.9 Å². The van der Waals surface area contributed by atoms with Crippen LogP contribution in [-0.4, -0.2) is 22.0 Å². The quantitative estimate of drug-likeness (QED) is 0.163. The average Bonchev–Trinajstić information content (AvgIpc) is 2.73. The number of guanidine groups is 2. The third-order valence-corrected chi connectivity index (χ3v) is 2.67. The smallest absolute Gasteiger partial charge is 0.215 e. The maximum atomic E-state index is 5.61.